The number of ether oxygens (including phenoxy) is 1. The summed E-state index contributed by atoms with van der Waals surface area (Å²) in [5.74, 6) is 0.503. The molecule has 4 heteroatoms. The highest BCUT2D eigenvalue weighted by molar-refractivity contribution is 5.07. The fourth-order valence-corrected chi connectivity index (χ4v) is 2.29. The van der Waals surface area contributed by atoms with Gasteiger partial charge in [0.1, 0.15) is 0 Å². The summed E-state index contributed by atoms with van der Waals surface area (Å²) in [6.45, 7) is 10.2. The molecule has 1 aromatic heterocycles. The van der Waals surface area contributed by atoms with Crippen molar-refractivity contribution in [2.24, 2.45) is 5.92 Å². The van der Waals surface area contributed by atoms with Gasteiger partial charge < -0.3 is 10.1 Å². The Morgan fingerprint density at radius 1 is 1.39 bits per heavy atom. The van der Waals surface area contributed by atoms with Crippen molar-refractivity contribution >= 4 is 0 Å². The van der Waals surface area contributed by atoms with E-state index in [1.807, 2.05) is 17.9 Å². The molecule has 1 N–H and O–H groups in total. The average molecular weight is 253 g/mol. The molecule has 0 aliphatic heterocycles. The summed E-state index contributed by atoms with van der Waals surface area (Å²) < 4.78 is 7.84. The molecule has 2 atom stereocenters. The minimum Gasteiger partial charge on any atom is -0.377 e. The Balaban J connectivity index is 2.69. The van der Waals surface area contributed by atoms with Gasteiger partial charge in [-0.05, 0) is 38.8 Å². The third-order valence-corrected chi connectivity index (χ3v) is 3.25. The molecule has 0 radical (unpaired) electrons. The van der Waals surface area contributed by atoms with E-state index >= 15 is 0 Å². The van der Waals surface area contributed by atoms with Crippen LogP contribution in [0.2, 0.25) is 0 Å². The molecular weight excluding hydrogens is 226 g/mol. The van der Waals surface area contributed by atoms with Crippen molar-refractivity contribution in [2.75, 3.05) is 13.7 Å². The highest BCUT2D eigenvalue weighted by Gasteiger charge is 2.24. The third kappa shape index (κ3) is 4.10. The maximum absolute atomic E-state index is 5.87. The number of nitrogens with zero attached hydrogens (tertiary/aromatic N) is 2. The Hall–Kier alpha value is -0.870. The first kappa shape index (κ1) is 15.2. The molecule has 0 aliphatic carbocycles. The molecule has 0 aliphatic rings. The molecule has 0 saturated carbocycles. The number of aromatic nitrogens is 2. The number of hydrogen-bond donors (Lipinski definition) is 1. The lowest BCUT2D eigenvalue weighted by molar-refractivity contribution is 0.00535. The fraction of sp³-hybridized carbons (Fsp3) is 0.786. The minimum atomic E-state index is 0.241. The minimum absolute atomic E-state index is 0.241. The number of nitrogens with one attached hydrogen (secondary N) is 1. The van der Waals surface area contributed by atoms with Crippen molar-refractivity contribution in [1.29, 1.82) is 0 Å². The van der Waals surface area contributed by atoms with Crippen LogP contribution in [0.5, 0.6) is 0 Å². The standard InChI is InChI=1S/C14H27N3O/c1-6-17-10-12(9-16-17)8-13(15-5)14(11(3)4)18-7-2/h9-11,13-15H,6-8H2,1-5H3. The normalized spacial score (nSPS) is 15.0. The van der Waals surface area contributed by atoms with E-state index in [9.17, 15) is 0 Å². The first-order valence-corrected chi connectivity index (χ1v) is 6.92. The van der Waals surface area contributed by atoms with E-state index in [2.05, 4.69) is 44.3 Å². The van der Waals surface area contributed by atoms with Gasteiger partial charge in [-0.15, -0.1) is 0 Å². The van der Waals surface area contributed by atoms with Crippen LogP contribution in [0, 0.1) is 5.92 Å². The molecule has 18 heavy (non-hydrogen) atoms. The van der Waals surface area contributed by atoms with Crippen LogP contribution in [0.25, 0.3) is 0 Å². The van der Waals surface area contributed by atoms with Crippen LogP contribution in [-0.2, 0) is 17.7 Å². The maximum atomic E-state index is 5.87. The van der Waals surface area contributed by atoms with E-state index in [4.69, 9.17) is 4.74 Å². The highest BCUT2D eigenvalue weighted by Crippen LogP contribution is 2.15. The van der Waals surface area contributed by atoms with Gasteiger partial charge in [-0.25, -0.2) is 0 Å². The molecule has 104 valence electrons. The van der Waals surface area contributed by atoms with Crippen LogP contribution >= 0.6 is 0 Å². The van der Waals surface area contributed by atoms with Gasteiger partial charge in [0.2, 0.25) is 0 Å². The second kappa shape index (κ2) is 7.54. The summed E-state index contributed by atoms with van der Waals surface area (Å²) in [5, 5.41) is 7.70. The molecule has 0 aromatic carbocycles. The van der Waals surface area contributed by atoms with Gasteiger partial charge in [-0.2, -0.15) is 5.10 Å². The zero-order valence-electron chi connectivity index (χ0n) is 12.3. The molecule has 0 saturated heterocycles. The van der Waals surface area contributed by atoms with Gasteiger partial charge in [0.15, 0.2) is 0 Å². The maximum Gasteiger partial charge on any atom is 0.0753 e. The number of rotatable bonds is 8. The molecule has 0 bridgehead atoms. The number of likely N-dealkylation sites (N-methyl/N-ethyl adjacent to an activating group) is 1. The average Bonchev–Trinajstić information content (AvgIpc) is 2.81. The molecule has 0 amide bonds. The lowest BCUT2D eigenvalue weighted by Gasteiger charge is -2.29. The Bertz CT molecular complexity index is 336. The van der Waals surface area contributed by atoms with Crippen molar-refractivity contribution in [1.82, 2.24) is 15.1 Å². The Kier molecular flexibility index (Phi) is 6.36. The topological polar surface area (TPSA) is 39.1 Å². The predicted octanol–water partition coefficient (Wildman–Crippen LogP) is 2.09. The summed E-state index contributed by atoms with van der Waals surface area (Å²) in [6.07, 6.45) is 5.27. The van der Waals surface area contributed by atoms with Crippen molar-refractivity contribution in [3.63, 3.8) is 0 Å². The van der Waals surface area contributed by atoms with E-state index in [1.165, 1.54) is 5.56 Å². The van der Waals surface area contributed by atoms with E-state index < -0.39 is 0 Å². The third-order valence-electron chi connectivity index (χ3n) is 3.25. The van der Waals surface area contributed by atoms with Crippen LogP contribution < -0.4 is 5.32 Å². The second-order valence-electron chi connectivity index (χ2n) is 4.97. The first-order chi connectivity index (χ1) is 8.62. The fourth-order valence-electron chi connectivity index (χ4n) is 2.29. The Labute approximate surface area is 111 Å². The molecule has 1 rings (SSSR count). The van der Waals surface area contributed by atoms with Gasteiger partial charge in [0.05, 0.1) is 12.3 Å². The Morgan fingerprint density at radius 3 is 2.56 bits per heavy atom. The van der Waals surface area contributed by atoms with Crippen molar-refractivity contribution < 1.29 is 4.74 Å². The monoisotopic (exact) mass is 253 g/mol. The van der Waals surface area contributed by atoms with Crippen molar-refractivity contribution in [3.8, 4) is 0 Å². The molecule has 4 nitrogen and oxygen atoms in total. The van der Waals surface area contributed by atoms with Gasteiger partial charge in [0.25, 0.3) is 0 Å². The first-order valence-electron chi connectivity index (χ1n) is 6.92. The number of aryl methyl sites for hydroxylation is 1. The van der Waals surface area contributed by atoms with Gasteiger partial charge >= 0.3 is 0 Å². The summed E-state index contributed by atoms with van der Waals surface area (Å²) in [5.41, 5.74) is 1.27. The quantitative estimate of drug-likeness (QED) is 0.771. The van der Waals surface area contributed by atoms with Crippen molar-refractivity contribution in [2.45, 2.75) is 52.8 Å². The lowest BCUT2D eigenvalue weighted by Crippen LogP contribution is -2.44. The zero-order chi connectivity index (χ0) is 13.5. The van der Waals surface area contributed by atoms with Gasteiger partial charge in [0, 0.05) is 25.4 Å². The second-order valence-corrected chi connectivity index (χ2v) is 4.97. The molecule has 0 fully saturated rings. The van der Waals surface area contributed by atoms with Crippen LogP contribution in [0.4, 0.5) is 0 Å². The van der Waals surface area contributed by atoms with Crippen LogP contribution in [-0.4, -0.2) is 35.6 Å². The van der Waals surface area contributed by atoms with E-state index in [1.54, 1.807) is 0 Å². The molecule has 1 heterocycles. The number of hydrogen-bond acceptors (Lipinski definition) is 3. The highest BCUT2D eigenvalue weighted by atomic mass is 16.5. The zero-order valence-corrected chi connectivity index (χ0v) is 12.3. The summed E-state index contributed by atoms with van der Waals surface area (Å²) in [7, 11) is 2.00. The molecular formula is C14H27N3O. The summed E-state index contributed by atoms with van der Waals surface area (Å²) >= 11 is 0. The van der Waals surface area contributed by atoms with E-state index in [0.29, 0.717) is 12.0 Å². The van der Waals surface area contributed by atoms with Crippen molar-refractivity contribution in [3.05, 3.63) is 18.0 Å². The molecule has 2 unspecified atom stereocenters. The van der Waals surface area contributed by atoms with Crippen LogP contribution in [0.15, 0.2) is 12.4 Å². The largest absolute Gasteiger partial charge is 0.377 e. The Morgan fingerprint density at radius 2 is 2.11 bits per heavy atom. The van der Waals surface area contributed by atoms with Gasteiger partial charge in [-0.3, -0.25) is 4.68 Å². The molecule has 0 spiro atoms. The van der Waals surface area contributed by atoms with Crippen LogP contribution in [0.1, 0.15) is 33.3 Å². The summed E-state index contributed by atoms with van der Waals surface area (Å²) in [6, 6.07) is 0.333. The predicted molar refractivity (Wildman–Crippen MR) is 74.7 cm³/mol. The van der Waals surface area contributed by atoms with Gasteiger partial charge in [-0.1, -0.05) is 13.8 Å². The lowest BCUT2D eigenvalue weighted by atomic mass is 9.95. The molecule has 1 aromatic rings. The van der Waals surface area contributed by atoms with E-state index in [0.717, 1.165) is 19.6 Å². The smallest absolute Gasteiger partial charge is 0.0753 e. The van der Waals surface area contributed by atoms with Crippen LogP contribution in [0.3, 0.4) is 0 Å². The summed E-state index contributed by atoms with van der Waals surface area (Å²) in [4.78, 5) is 0. The van der Waals surface area contributed by atoms with E-state index in [-0.39, 0.29) is 6.10 Å². The SMILES string of the molecule is CCOC(C(C)C)C(Cc1cnn(CC)c1)NC.